The molecule has 0 saturated heterocycles. The largest absolute Gasteiger partial charge is 0.392 e. The molecule has 4 heteroatoms. The average Bonchev–Trinajstić information content (AvgIpc) is 3.35. The molecular formula is C18H26N2O2. The van der Waals surface area contributed by atoms with Crippen LogP contribution in [0.2, 0.25) is 0 Å². The minimum atomic E-state index is -0.228. The van der Waals surface area contributed by atoms with Gasteiger partial charge in [-0.2, -0.15) is 0 Å². The van der Waals surface area contributed by atoms with Crippen LogP contribution in [-0.2, 0) is 4.79 Å². The zero-order valence-electron chi connectivity index (χ0n) is 13.2. The third-order valence-corrected chi connectivity index (χ3v) is 4.82. The quantitative estimate of drug-likeness (QED) is 0.783. The minimum Gasteiger partial charge on any atom is -0.392 e. The fraction of sp³-hybridized carbons (Fsp3) is 0.611. The van der Waals surface area contributed by atoms with Crippen LogP contribution in [0.1, 0.15) is 57.1 Å². The SMILES string of the molecule is C[C@H](N[C@H]1CCCC[C@@H]1O)c1ccc(NC(=O)C2CC2)cc1. The van der Waals surface area contributed by atoms with E-state index in [-0.39, 0.29) is 30.0 Å². The summed E-state index contributed by atoms with van der Waals surface area (Å²) >= 11 is 0. The lowest BCUT2D eigenvalue weighted by atomic mass is 9.91. The third kappa shape index (κ3) is 3.87. The number of carbonyl (C=O) groups excluding carboxylic acids is 1. The molecule has 1 aromatic rings. The van der Waals surface area contributed by atoms with Crippen LogP contribution in [0.3, 0.4) is 0 Å². The Morgan fingerprint density at radius 1 is 1.14 bits per heavy atom. The Kier molecular flexibility index (Phi) is 4.79. The number of hydrogen-bond acceptors (Lipinski definition) is 3. The van der Waals surface area contributed by atoms with E-state index in [1.807, 2.05) is 12.1 Å². The molecule has 0 heterocycles. The molecule has 3 rings (SSSR count). The van der Waals surface area contributed by atoms with Crippen molar-refractivity contribution in [3.05, 3.63) is 29.8 Å². The first-order valence-corrected chi connectivity index (χ1v) is 8.48. The first-order valence-electron chi connectivity index (χ1n) is 8.48. The molecule has 0 aromatic heterocycles. The number of aliphatic hydroxyl groups excluding tert-OH is 1. The van der Waals surface area contributed by atoms with Crippen LogP contribution in [0.5, 0.6) is 0 Å². The number of anilines is 1. The molecule has 0 radical (unpaired) electrons. The molecule has 120 valence electrons. The molecule has 0 unspecified atom stereocenters. The zero-order valence-corrected chi connectivity index (χ0v) is 13.2. The maximum Gasteiger partial charge on any atom is 0.227 e. The summed E-state index contributed by atoms with van der Waals surface area (Å²) in [7, 11) is 0. The van der Waals surface area contributed by atoms with Crippen molar-refractivity contribution in [2.45, 2.75) is 63.6 Å². The molecule has 1 amide bonds. The van der Waals surface area contributed by atoms with Crippen LogP contribution in [0.25, 0.3) is 0 Å². The minimum absolute atomic E-state index is 0.143. The maximum atomic E-state index is 11.7. The van der Waals surface area contributed by atoms with Crippen LogP contribution in [0.4, 0.5) is 5.69 Å². The highest BCUT2D eigenvalue weighted by Gasteiger charge is 2.29. The molecule has 2 fully saturated rings. The second-order valence-electron chi connectivity index (χ2n) is 6.73. The number of rotatable bonds is 5. The van der Waals surface area contributed by atoms with Crippen molar-refractivity contribution in [3.8, 4) is 0 Å². The Bertz CT molecular complexity index is 510. The van der Waals surface area contributed by atoms with E-state index in [2.05, 4.69) is 29.7 Å². The van der Waals surface area contributed by atoms with E-state index in [1.54, 1.807) is 0 Å². The van der Waals surface area contributed by atoms with E-state index in [9.17, 15) is 9.90 Å². The van der Waals surface area contributed by atoms with Gasteiger partial charge in [-0.05, 0) is 50.3 Å². The number of amides is 1. The highest BCUT2D eigenvalue weighted by molar-refractivity contribution is 5.93. The molecular weight excluding hydrogens is 276 g/mol. The topological polar surface area (TPSA) is 61.4 Å². The van der Waals surface area contributed by atoms with E-state index in [1.165, 1.54) is 12.0 Å². The van der Waals surface area contributed by atoms with Crippen LogP contribution in [0.15, 0.2) is 24.3 Å². The summed E-state index contributed by atoms with van der Waals surface area (Å²) in [6.45, 7) is 2.12. The Morgan fingerprint density at radius 3 is 2.45 bits per heavy atom. The van der Waals surface area contributed by atoms with Crippen molar-refractivity contribution >= 4 is 11.6 Å². The Morgan fingerprint density at radius 2 is 1.82 bits per heavy atom. The standard InChI is InChI=1S/C18H26N2O2/c1-12(19-16-4-2-3-5-17(16)21)13-8-10-15(11-9-13)20-18(22)14-6-7-14/h8-12,14,16-17,19,21H,2-7H2,1H3,(H,20,22)/t12-,16-,17-/m0/s1. The number of benzene rings is 1. The van der Waals surface area contributed by atoms with E-state index >= 15 is 0 Å². The van der Waals surface area contributed by atoms with E-state index in [0.29, 0.717) is 0 Å². The van der Waals surface area contributed by atoms with E-state index in [4.69, 9.17) is 0 Å². The molecule has 2 aliphatic rings. The normalized spacial score (nSPS) is 26.5. The van der Waals surface area contributed by atoms with Gasteiger partial charge in [0, 0.05) is 23.7 Å². The van der Waals surface area contributed by atoms with Crippen molar-refractivity contribution in [1.82, 2.24) is 5.32 Å². The summed E-state index contributed by atoms with van der Waals surface area (Å²) in [5, 5.41) is 16.6. The van der Waals surface area contributed by atoms with Crippen molar-refractivity contribution < 1.29 is 9.90 Å². The number of nitrogens with one attached hydrogen (secondary N) is 2. The summed E-state index contributed by atoms with van der Waals surface area (Å²) in [5.41, 5.74) is 2.05. The molecule has 2 saturated carbocycles. The first-order chi connectivity index (χ1) is 10.6. The lowest BCUT2D eigenvalue weighted by Gasteiger charge is -2.31. The summed E-state index contributed by atoms with van der Waals surface area (Å²) in [5.74, 6) is 0.373. The van der Waals surface area contributed by atoms with Gasteiger partial charge in [0.05, 0.1) is 6.10 Å². The Balaban J connectivity index is 1.55. The van der Waals surface area contributed by atoms with Crippen molar-refractivity contribution in [2.24, 2.45) is 5.92 Å². The second-order valence-corrected chi connectivity index (χ2v) is 6.73. The smallest absolute Gasteiger partial charge is 0.227 e. The molecule has 2 aliphatic carbocycles. The van der Waals surface area contributed by atoms with Crippen LogP contribution < -0.4 is 10.6 Å². The molecule has 0 spiro atoms. The zero-order chi connectivity index (χ0) is 15.5. The summed E-state index contributed by atoms with van der Waals surface area (Å²) in [6.07, 6.45) is 6.07. The van der Waals surface area contributed by atoms with Gasteiger partial charge >= 0.3 is 0 Å². The summed E-state index contributed by atoms with van der Waals surface area (Å²) in [6, 6.07) is 8.42. The molecule has 1 aromatic carbocycles. The van der Waals surface area contributed by atoms with E-state index in [0.717, 1.165) is 37.8 Å². The monoisotopic (exact) mass is 302 g/mol. The van der Waals surface area contributed by atoms with Gasteiger partial charge in [-0.3, -0.25) is 4.79 Å². The van der Waals surface area contributed by atoms with Crippen molar-refractivity contribution in [3.63, 3.8) is 0 Å². The lowest BCUT2D eigenvalue weighted by molar-refractivity contribution is -0.117. The van der Waals surface area contributed by atoms with Gasteiger partial charge in [-0.1, -0.05) is 25.0 Å². The number of carbonyl (C=O) groups is 1. The molecule has 22 heavy (non-hydrogen) atoms. The lowest BCUT2D eigenvalue weighted by Crippen LogP contribution is -2.43. The van der Waals surface area contributed by atoms with Gasteiger partial charge in [-0.25, -0.2) is 0 Å². The molecule has 4 nitrogen and oxygen atoms in total. The first kappa shape index (κ1) is 15.5. The van der Waals surface area contributed by atoms with E-state index < -0.39 is 0 Å². The summed E-state index contributed by atoms with van der Waals surface area (Å²) < 4.78 is 0. The maximum absolute atomic E-state index is 11.7. The predicted molar refractivity (Wildman–Crippen MR) is 87.6 cm³/mol. The predicted octanol–water partition coefficient (Wildman–Crippen LogP) is 2.99. The molecule has 3 N–H and O–H groups in total. The number of aliphatic hydroxyl groups is 1. The summed E-state index contributed by atoms with van der Waals surface area (Å²) in [4.78, 5) is 11.7. The Labute approximate surface area is 132 Å². The molecule has 0 bridgehead atoms. The fourth-order valence-electron chi connectivity index (χ4n) is 3.17. The molecule has 3 atom stereocenters. The average molecular weight is 302 g/mol. The Hall–Kier alpha value is -1.39. The van der Waals surface area contributed by atoms with Crippen LogP contribution in [-0.4, -0.2) is 23.2 Å². The fourth-order valence-corrected chi connectivity index (χ4v) is 3.17. The van der Waals surface area contributed by atoms with Gasteiger partial charge in [-0.15, -0.1) is 0 Å². The van der Waals surface area contributed by atoms with Gasteiger partial charge in [0.25, 0.3) is 0 Å². The third-order valence-electron chi connectivity index (χ3n) is 4.82. The highest BCUT2D eigenvalue weighted by atomic mass is 16.3. The van der Waals surface area contributed by atoms with Crippen molar-refractivity contribution in [1.29, 1.82) is 0 Å². The highest BCUT2D eigenvalue weighted by Crippen LogP contribution is 2.30. The van der Waals surface area contributed by atoms with Gasteiger partial charge < -0.3 is 15.7 Å². The van der Waals surface area contributed by atoms with Crippen LogP contribution in [0, 0.1) is 5.92 Å². The van der Waals surface area contributed by atoms with Gasteiger partial charge in [0.2, 0.25) is 5.91 Å². The number of hydrogen-bond donors (Lipinski definition) is 3. The van der Waals surface area contributed by atoms with Crippen molar-refractivity contribution in [2.75, 3.05) is 5.32 Å². The van der Waals surface area contributed by atoms with Gasteiger partial charge in [0.1, 0.15) is 0 Å². The van der Waals surface area contributed by atoms with Crippen LogP contribution >= 0.6 is 0 Å². The molecule has 0 aliphatic heterocycles. The van der Waals surface area contributed by atoms with Gasteiger partial charge in [0.15, 0.2) is 0 Å². The second kappa shape index (κ2) is 6.80.